The van der Waals surface area contributed by atoms with E-state index in [1.165, 1.54) is 0 Å². The van der Waals surface area contributed by atoms with Crippen molar-refractivity contribution in [3.05, 3.63) is 71.9 Å². The van der Waals surface area contributed by atoms with Crippen molar-refractivity contribution in [1.82, 2.24) is 9.88 Å². The molecular formula is C23H25N3O3. The highest BCUT2D eigenvalue weighted by molar-refractivity contribution is 5.68. The summed E-state index contributed by atoms with van der Waals surface area (Å²) in [5, 5.41) is 1.96. The third-order valence-corrected chi connectivity index (χ3v) is 6.36. The molecule has 1 spiro atoms. The summed E-state index contributed by atoms with van der Waals surface area (Å²) in [4.78, 5) is 25.2. The van der Waals surface area contributed by atoms with Crippen LogP contribution in [0.15, 0.2) is 60.7 Å². The van der Waals surface area contributed by atoms with Crippen molar-refractivity contribution in [2.75, 3.05) is 18.2 Å². The highest BCUT2D eigenvalue weighted by atomic mass is 16.7. The van der Waals surface area contributed by atoms with Gasteiger partial charge in [-0.15, -0.1) is 0 Å². The number of rotatable bonds is 3. The lowest BCUT2D eigenvalue weighted by atomic mass is 9.72. The Balaban J connectivity index is 1.23. The number of pyridine rings is 1. The van der Waals surface area contributed by atoms with Crippen LogP contribution in [-0.4, -0.2) is 41.2 Å². The van der Waals surface area contributed by atoms with Gasteiger partial charge in [0.2, 0.25) is 0 Å². The molecule has 0 unspecified atom stereocenters. The summed E-state index contributed by atoms with van der Waals surface area (Å²) in [5.74, 6) is 0.853. The molecule has 3 aliphatic rings. The van der Waals surface area contributed by atoms with Crippen LogP contribution in [0.3, 0.4) is 0 Å². The number of carbonyl (C=O) groups is 1. The predicted molar refractivity (Wildman–Crippen MR) is 109 cm³/mol. The first-order valence-corrected chi connectivity index (χ1v) is 10.2. The zero-order valence-electron chi connectivity index (χ0n) is 16.5. The summed E-state index contributed by atoms with van der Waals surface area (Å²) in [6.45, 7) is 3.66. The Kier molecular flexibility index (Phi) is 4.51. The number of carbonyl (C=O) groups excluding carboxylic acids is 1. The number of likely N-dealkylation sites (tertiary alicyclic amines) is 1. The van der Waals surface area contributed by atoms with Gasteiger partial charge in [0.05, 0.1) is 6.04 Å². The maximum atomic E-state index is 12.5. The topological polar surface area (TPSA) is 54.9 Å². The first kappa shape index (κ1) is 18.2. The van der Waals surface area contributed by atoms with E-state index < -0.39 is 0 Å². The van der Waals surface area contributed by atoms with E-state index in [1.807, 2.05) is 65.4 Å². The molecule has 2 aromatic rings. The first-order chi connectivity index (χ1) is 14.2. The molecule has 2 bridgehead atoms. The molecule has 6 heteroatoms. The molecule has 1 aromatic heterocycles. The van der Waals surface area contributed by atoms with E-state index in [9.17, 15) is 4.79 Å². The molecule has 150 valence electrons. The van der Waals surface area contributed by atoms with Gasteiger partial charge in [0.25, 0.3) is 0 Å². The van der Waals surface area contributed by atoms with Gasteiger partial charge in [0.15, 0.2) is 5.82 Å². The molecule has 2 aliphatic heterocycles. The smallest absolute Gasteiger partial charge is 0.410 e. The number of hydrogen-bond acceptors (Lipinski definition) is 5. The van der Waals surface area contributed by atoms with Crippen molar-refractivity contribution in [3.63, 3.8) is 0 Å². The van der Waals surface area contributed by atoms with Crippen LogP contribution in [0.2, 0.25) is 0 Å². The number of nitrogens with zero attached hydrogens (tertiary/aromatic N) is 3. The van der Waals surface area contributed by atoms with Crippen molar-refractivity contribution in [2.24, 2.45) is 5.41 Å². The average Bonchev–Trinajstić information content (AvgIpc) is 3.24. The zero-order chi connectivity index (χ0) is 19.8. The van der Waals surface area contributed by atoms with E-state index in [-0.39, 0.29) is 23.7 Å². The van der Waals surface area contributed by atoms with Gasteiger partial charge in [0.1, 0.15) is 12.7 Å². The van der Waals surface area contributed by atoms with Crippen LogP contribution < -0.4 is 5.06 Å². The van der Waals surface area contributed by atoms with Gasteiger partial charge in [-0.3, -0.25) is 4.84 Å². The molecule has 2 fully saturated rings. The van der Waals surface area contributed by atoms with Crippen molar-refractivity contribution >= 4 is 11.9 Å². The Morgan fingerprint density at radius 3 is 2.69 bits per heavy atom. The third-order valence-electron chi connectivity index (χ3n) is 6.36. The van der Waals surface area contributed by atoms with Crippen LogP contribution in [0.25, 0.3) is 0 Å². The quantitative estimate of drug-likeness (QED) is 0.744. The van der Waals surface area contributed by atoms with Gasteiger partial charge in [-0.25, -0.2) is 14.8 Å². The lowest BCUT2D eigenvalue weighted by molar-refractivity contribution is 0.0276. The Labute approximate surface area is 170 Å². The van der Waals surface area contributed by atoms with E-state index in [0.29, 0.717) is 19.7 Å². The van der Waals surface area contributed by atoms with Crippen LogP contribution in [0.5, 0.6) is 0 Å². The Morgan fingerprint density at radius 2 is 1.93 bits per heavy atom. The van der Waals surface area contributed by atoms with E-state index >= 15 is 0 Å². The minimum atomic E-state index is -0.236. The molecule has 1 amide bonds. The number of aromatic nitrogens is 1. The molecule has 5 rings (SSSR count). The normalized spacial score (nSPS) is 24.3. The number of ether oxygens (including phenoxy) is 1. The lowest BCUT2D eigenvalue weighted by Crippen LogP contribution is -2.49. The second-order valence-corrected chi connectivity index (χ2v) is 8.08. The zero-order valence-corrected chi connectivity index (χ0v) is 16.5. The number of aryl methyl sites for hydroxylation is 1. The first-order valence-electron chi connectivity index (χ1n) is 10.2. The molecule has 1 aliphatic carbocycles. The van der Waals surface area contributed by atoms with E-state index in [0.717, 1.165) is 29.9 Å². The minimum absolute atomic E-state index is 0.00162. The molecule has 0 N–H and O–H groups in total. The summed E-state index contributed by atoms with van der Waals surface area (Å²) < 4.78 is 5.51. The van der Waals surface area contributed by atoms with Gasteiger partial charge >= 0.3 is 6.09 Å². The average molecular weight is 391 g/mol. The highest BCUT2D eigenvalue weighted by Crippen LogP contribution is 2.52. The molecule has 0 radical (unpaired) electrons. The molecule has 6 nitrogen and oxygen atoms in total. The van der Waals surface area contributed by atoms with Gasteiger partial charge < -0.3 is 9.64 Å². The lowest BCUT2D eigenvalue weighted by Gasteiger charge is -2.40. The Morgan fingerprint density at radius 1 is 1.14 bits per heavy atom. The highest BCUT2D eigenvalue weighted by Gasteiger charge is 2.58. The van der Waals surface area contributed by atoms with Gasteiger partial charge in [0, 0.05) is 24.2 Å². The largest absolute Gasteiger partial charge is 0.445 e. The fraction of sp³-hybridized carbons (Fsp3) is 0.391. The predicted octanol–water partition coefficient (Wildman–Crippen LogP) is 3.87. The standard InChI is InChI=1S/C23H25N3O3/c1-17-6-5-9-21(24-17)26-19-10-11-20(29-26)23(19)12-14-25(15-13-23)22(27)28-16-18-7-3-2-4-8-18/h2-11,19-20H,12-16H2,1H3/t19-,20+/m0/s1. The van der Waals surface area contributed by atoms with Crippen molar-refractivity contribution in [3.8, 4) is 0 Å². The molecule has 1 aromatic carbocycles. The van der Waals surface area contributed by atoms with E-state index in [1.54, 1.807) is 0 Å². The Bertz CT molecular complexity index is 922. The van der Waals surface area contributed by atoms with Gasteiger partial charge in [-0.2, -0.15) is 0 Å². The maximum absolute atomic E-state index is 12.5. The van der Waals surface area contributed by atoms with Crippen LogP contribution in [0.4, 0.5) is 10.6 Å². The van der Waals surface area contributed by atoms with E-state index in [4.69, 9.17) is 9.57 Å². The molecule has 2 atom stereocenters. The fourth-order valence-electron chi connectivity index (χ4n) is 4.74. The van der Waals surface area contributed by atoms with E-state index in [2.05, 4.69) is 17.1 Å². The molecular weight excluding hydrogens is 366 g/mol. The Hall–Kier alpha value is -2.86. The summed E-state index contributed by atoms with van der Waals surface area (Å²) >= 11 is 0. The fourth-order valence-corrected chi connectivity index (χ4v) is 4.74. The van der Waals surface area contributed by atoms with Crippen LogP contribution in [0, 0.1) is 12.3 Å². The molecule has 2 saturated heterocycles. The molecule has 29 heavy (non-hydrogen) atoms. The number of piperidine rings is 1. The summed E-state index contributed by atoms with van der Waals surface area (Å²) in [6.07, 6.45) is 5.98. The second kappa shape index (κ2) is 7.19. The molecule has 0 saturated carbocycles. The number of benzene rings is 1. The van der Waals surface area contributed by atoms with Gasteiger partial charge in [-0.05, 0) is 37.5 Å². The maximum Gasteiger partial charge on any atom is 0.410 e. The monoisotopic (exact) mass is 391 g/mol. The number of anilines is 1. The van der Waals surface area contributed by atoms with Crippen molar-refractivity contribution < 1.29 is 14.4 Å². The van der Waals surface area contributed by atoms with Gasteiger partial charge in [-0.1, -0.05) is 48.6 Å². The number of amides is 1. The molecule has 3 heterocycles. The summed E-state index contributed by atoms with van der Waals surface area (Å²) in [6, 6.07) is 15.9. The second-order valence-electron chi connectivity index (χ2n) is 8.08. The minimum Gasteiger partial charge on any atom is -0.445 e. The summed E-state index contributed by atoms with van der Waals surface area (Å²) in [7, 11) is 0. The van der Waals surface area contributed by atoms with Crippen LogP contribution in [0.1, 0.15) is 24.1 Å². The summed E-state index contributed by atoms with van der Waals surface area (Å²) in [5.41, 5.74) is 1.98. The SMILES string of the molecule is Cc1cccc(N2O[C@@H]3C=C[C@H]2C32CCN(C(=O)OCc3ccccc3)CC2)n1. The van der Waals surface area contributed by atoms with Crippen molar-refractivity contribution in [1.29, 1.82) is 0 Å². The number of hydrogen-bond donors (Lipinski definition) is 0. The van der Waals surface area contributed by atoms with Crippen molar-refractivity contribution in [2.45, 2.75) is 38.5 Å². The van der Waals surface area contributed by atoms with Crippen LogP contribution in [-0.2, 0) is 16.2 Å². The third kappa shape index (κ3) is 3.17. The number of hydroxylamine groups is 1. The van der Waals surface area contributed by atoms with Crippen LogP contribution >= 0.6 is 0 Å².